The second kappa shape index (κ2) is 3.59. The summed E-state index contributed by atoms with van der Waals surface area (Å²) in [6.45, 7) is 7.17. The first-order valence-electron chi connectivity index (χ1n) is 6.76. The van der Waals surface area contributed by atoms with E-state index in [-0.39, 0.29) is 0 Å². The zero-order valence-corrected chi connectivity index (χ0v) is 11.4. The molecule has 3 atom stereocenters. The average Bonchev–Trinajstić information content (AvgIpc) is 2.78. The van der Waals surface area contributed by atoms with Crippen molar-refractivity contribution in [2.24, 2.45) is 16.7 Å². The van der Waals surface area contributed by atoms with Crippen LogP contribution in [-0.4, -0.2) is 16.0 Å². The number of hydrogen-bond acceptors (Lipinski definition) is 4. The van der Waals surface area contributed by atoms with Crippen LogP contribution in [0.2, 0.25) is 0 Å². The lowest BCUT2D eigenvalue weighted by Crippen LogP contribution is -2.46. The van der Waals surface area contributed by atoms with Crippen LogP contribution in [0.5, 0.6) is 0 Å². The lowest BCUT2D eigenvalue weighted by Gasteiger charge is -2.43. The van der Waals surface area contributed by atoms with Gasteiger partial charge in [0.1, 0.15) is 11.6 Å². The maximum atomic E-state index is 5.57. The van der Waals surface area contributed by atoms with Gasteiger partial charge in [-0.3, -0.25) is 0 Å². The SMILES string of the molecule is CC12CCC(C1)C(C)(C)C2Nc1cnc(N)cn1. The van der Waals surface area contributed by atoms with Crippen LogP contribution >= 0.6 is 0 Å². The van der Waals surface area contributed by atoms with E-state index in [1.165, 1.54) is 19.3 Å². The standard InChI is InChI=1S/C14H22N4/c1-13(2)9-4-5-14(3,6-9)12(13)18-11-8-16-10(15)7-17-11/h7-9,12H,4-6H2,1-3H3,(H2,15,16)(H,17,18). The lowest BCUT2D eigenvalue weighted by molar-refractivity contribution is 0.155. The highest BCUT2D eigenvalue weighted by atomic mass is 15.1. The average molecular weight is 246 g/mol. The molecule has 2 fully saturated rings. The third-order valence-electron chi connectivity index (χ3n) is 5.23. The monoisotopic (exact) mass is 246 g/mol. The fraction of sp³-hybridized carbons (Fsp3) is 0.714. The number of nitrogens with zero attached hydrogens (tertiary/aromatic N) is 2. The molecular formula is C14H22N4. The first kappa shape index (κ1) is 11.8. The van der Waals surface area contributed by atoms with Crippen LogP contribution in [0.1, 0.15) is 40.0 Å². The van der Waals surface area contributed by atoms with E-state index in [1.807, 2.05) is 0 Å². The number of nitrogens with two attached hydrogens (primary N) is 1. The molecule has 0 spiro atoms. The third kappa shape index (κ3) is 1.58. The third-order valence-corrected chi connectivity index (χ3v) is 5.23. The van der Waals surface area contributed by atoms with E-state index in [4.69, 9.17) is 5.73 Å². The van der Waals surface area contributed by atoms with E-state index in [1.54, 1.807) is 12.4 Å². The number of fused-ring (bicyclic) bond motifs is 2. The second-order valence-electron chi connectivity index (χ2n) is 6.82. The molecule has 4 nitrogen and oxygen atoms in total. The minimum absolute atomic E-state index is 0.329. The molecule has 98 valence electrons. The molecular weight excluding hydrogens is 224 g/mol. The van der Waals surface area contributed by atoms with E-state index in [2.05, 4.69) is 36.1 Å². The summed E-state index contributed by atoms with van der Waals surface area (Å²) in [5, 5.41) is 3.60. The van der Waals surface area contributed by atoms with Crippen LogP contribution in [0.3, 0.4) is 0 Å². The van der Waals surface area contributed by atoms with Crippen LogP contribution in [0.4, 0.5) is 11.6 Å². The molecule has 3 N–H and O–H groups in total. The van der Waals surface area contributed by atoms with Crippen molar-refractivity contribution in [1.29, 1.82) is 0 Å². The summed E-state index contributed by atoms with van der Waals surface area (Å²) >= 11 is 0. The van der Waals surface area contributed by atoms with E-state index in [9.17, 15) is 0 Å². The summed E-state index contributed by atoms with van der Waals surface area (Å²) in [5.41, 5.74) is 6.30. The topological polar surface area (TPSA) is 63.8 Å². The van der Waals surface area contributed by atoms with Gasteiger partial charge in [0.05, 0.1) is 12.4 Å². The fourth-order valence-electron chi connectivity index (χ4n) is 4.22. The Balaban J connectivity index is 1.86. The van der Waals surface area contributed by atoms with Crippen molar-refractivity contribution in [3.05, 3.63) is 12.4 Å². The molecule has 4 heteroatoms. The van der Waals surface area contributed by atoms with E-state index in [0.717, 1.165) is 11.7 Å². The van der Waals surface area contributed by atoms with Crippen LogP contribution in [-0.2, 0) is 0 Å². The quantitative estimate of drug-likeness (QED) is 0.842. The molecule has 1 aromatic rings. The fourth-order valence-corrected chi connectivity index (χ4v) is 4.22. The smallest absolute Gasteiger partial charge is 0.144 e. The summed E-state index contributed by atoms with van der Waals surface area (Å²) < 4.78 is 0. The molecule has 2 saturated carbocycles. The molecule has 18 heavy (non-hydrogen) atoms. The first-order chi connectivity index (χ1) is 8.42. The van der Waals surface area contributed by atoms with Crippen molar-refractivity contribution in [2.75, 3.05) is 11.1 Å². The van der Waals surface area contributed by atoms with Gasteiger partial charge < -0.3 is 11.1 Å². The van der Waals surface area contributed by atoms with E-state index >= 15 is 0 Å². The summed E-state index contributed by atoms with van der Waals surface area (Å²) in [6.07, 6.45) is 7.38. The van der Waals surface area contributed by atoms with Crippen LogP contribution in [0.25, 0.3) is 0 Å². The number of rotatable bonds is 2. The Hall–Kier alpha value is -1.32. The van der Waals surface area contributed by atoms with Gasteiger partial charge in [0.2, 0.25) is 0 Å². The number of anilines is 2. The second-order valence-corrected chi connectivity index (χ2v) is 6.82. The van der Waals surface area contributed by atoms with Crippen molar-refractivity contribution in [3.63, 3.8) is 0 Å². The van der Waals surface area contributed by atoms with Gasteiger partial charge in [0.15, 0.2) is 0 Å². The minimum Gasteiger partial charge on any atom is -0.382 e. The number of aromatic nitrogens is 2. The molecule has 0 amide bonds. The Morgan fingerprint density at radius 1 is 1.28 bits per heavy atom. The van der Waals surface area contributed by atoms with Gasteiger partial charge >= 0.3 is 0 Å². The first-order valence-corrected chi connectivity index (χ1v) is 6.76. The minimum atomic E-state index is 0.329. The predicted octanol–water partition coefficient (Wildman–Crippen LogP) is 2.69. The maximum absolute atomic E-state index is 5.57. The van der Waals surface area contributed by atoms with Gasteiger partial charge in [0, 0.05) is 6.04 Å². The Kier molecular flexibility index (Phi) is 2.34. The lowest BCUT2D eigenvalue weighted by atomic mass is 9.68. The van der Waals surface area contributed by atoms with Crippen molar-refractivity contribution in [2.45, 2.75) is 46.1 Å². The maximum Gasteiger partial charge on any atom is 0.144 e. The molecule has 1 heterocycles. The normalized spacial score (nSPS) is 36.8. The van der Waals surface area contributed by atoms with Crippen molar-refractivity contribution in [3.8, 4) is 0 Å². The molecule has 2 aliphatic carbocycles. The Morgan fingerprint density at radius 2 is 2.06 bits per heavy atom. The van der Waals surface area contributed by atoms with Crippen LogP contribution < -0.4 is 11.1 Å². The summed E-state index contributed by atoms with van der Waals surface area (Å²) in [6, 6.07) is 0.474. The molecule has 3 rings (SSSR count). The summed E-state index contributed by atoms with van der Waals surface area (Å²) in [7, 11) is 0. The van der Waals surface area contributed by atoms with E-state index < -0.39 is 0 Å². The Bertz CT molecular complexity index is 449. The van der Waals surface area contributed by atoms with Gasteiger partial charge in [-0.2, -0.15) is 0 Å². The summed E-state index contributed by atoms with van der Waals surface area (Å²) in [4.78, 5) is 8.43. The molecule has 0 aromatic carbocycles. The number of hydrogen-bond donors (Lipinski definition) is 2. The van der Waals surface area contributed by atoms with Gasteiger partial charge in [-0.25, -0.2) is 9.97 Å². The Morgan fingerprint density at radius 3 is 2.61 bits per heavy atom. The largest absolute Gasteiger partial charge is 0.382 e. The van der Waals surface area contributed by atoms with Crippen LogP contribution in [0.15, 0.2) is 12.4 Å². The Labute approximate surface area is 108 Å². The van der Waals surface area contributed by atoms with Crippen molar-refractivity contribution >= 4 is 11.6 Å². The molecule has 0 radical (unpaired) electrons. The molecule has 2 bridgehead atoms. The van der Waals surface area contributed by atoms with Gasteiger partial charge in [-0.1, -0.05) is 20.8 Å². The molecule has 1 aromatic heterocycles. The van der Waals surface area contributed by atoms with Crippen molar-refractivity contribution in [1.82, 2.24) is 9.97 Å². The van der Waals surface area contributed by atoms with Crippen molar-refractivity contribution < 1.29 is 0 Å². The highest BCUT2D eigenvalue weighted by Gasteiger charge is 2.59. The number of nitrogen functional groups attached to an aromatic ring is 1. The molecule has 3 unspecified atom stereocenters. The van der Waals surface area contributed by atoms with Gasteiger partial charge in [-0.05, 0) is 36.0 Å². The zero-order valence-electron chi connectivity index (χ0n) is 11.4. The summed E-state index contributed by atoms with van der Waals surface area (Å²) in [5.74, 6) is 2.15. The van der Waals surface area contributed by atoms with Gasteiger partial charge in [0.25, 0.3) is 0 Å². The highest BCUT2D eigenvalue weighted by molar-refractivity contribution is 5.39. The van der Waals surface area contributed by atoms with E-state index in [0.29, 0.717) is 22.7 Å². The predicted molar refractivity (Wildman–Crippen MR) is 73.1 cm³/mol. The highest BCUT2D eigenvalue weighted by Crippen LogP contribution is 2.62. The van der Waals surface area contributed by atoms with Gasteiger partial charge in [-0.15, -0.1) is 0 Å². The zero-order chi connectivity index (χ0) is 13.0. The molecule has 0 aliphatic heterocycles. The number of nitrogens with one attached hydrogen (secondary N) is 1. The molecule has 0 saturated heterocycles. The van der Waals surface area contributed by atoms with Crippen LogP contribution in [0, 0.1) is 16.7 Å². The molecule has 2 aliphatic rings.